The summed E-state index contributed by atoms with van der Waals surface area (Å²) in [6.07, 6.45) is 5.13. The van der Waals surface area contributed by atoms with Gasteiger partial charge in [-0.25, -0.2) is 13.4 Å². The van der Waals surface area contributed by atoms with Gasteiger partial charge in [0, 0.05) is 33.0 Å². The molecule has 120 valence electrons. The summed E-state index contributed by atoms with van der Waals surface area (Å²) >= 11 is 0. The van der Waals surface area contributed by atoms with E-state index in [-0.39, 0.29) is 10.9 Å². The maximum atomic E-state index is 13.0. The molecule has 0 spiro atoms. The van der Waals surface area contributed by atoms with E-state index in [0.717, 1.165) is 24.4 Å². The topological polar surface area (TPSA) is 73.0 Å². The molecule has 0 unspecified atom stereocenters. The molecule has 3 heterocycles. The number of rotatable bonds is 3. The van der Waals surface area contributed by atoms with Gasteiger partial charge in [0.05, 0.1) is 17.4 Å². The van der Waals surface area contributed by atoms with Crippen LogP contribution in [-0.4, -0.2) is 38.6 Å². The van der Waals surface area contributed by atoms with E-state index in [2.05, 4.69) is 10.1 Å². The Kier molecular flexibility index (Phi) is 3.60. The van der Waals surface area contributed by atoms with Crippen LogP contribution in [0.15, 0.2) is 17.3 Å². The minimum absolute atomic E-state index is 0.205. The second-order valence-corrected chi connectivity index (χ2v) is 7.74. The molecule has 1 saturated heterocycles. The monoisotopic (exact) mass is 323 g/mol. The van der Waals surface area contributed by atoms with Gasteiger partial charge in [0.1, 0.15) is 10.7 Å². The second kappa shape index (κ2) is 5.20. The minimum Gasteiger partial charge on any atom is -0.336 e. The number of sulfonamides is 1. The molecular weight excluding hydrogens is 302 g/mol. The maximum absolute atomic E-state index is 13.0. The van der Waals surface area contributed by atoms with Crippen molar-refractivity contribution in [1.82, 2.24) is 23.6 Å². The van der Waals surface area contributed by atoms with Gasteiger partial charge in [-0.05, 0) is 26.7 Å². The molecule has 1 aliphatic rings. The average molecular weight is 323 g/mol. The van der Waals surface area contributed by atoms with Crippen LogP contribution in [0.1, 0.15) is 36.1 Å². The molecule has 3 rings (SSSR count). The van der Waals surface area contributed by atoms with Gasteiger partial charge in [-0.1, -0.05) is 0 Å². The fraction of sp³-hybridized carbons (Fsp3) is 0.571. The Morgan fingerprint density at radius 1 is 1.23 bits per heavy atom. The molecule has 22 heavy (non-hydrogen) atoms. The summed E-state index contributed by atoms with van der Waals surface area (Å²) < 4.78 is 31.0. The van der Waals surface area contributed by atoms with Gasteiger partial charge in [-0.2, -0.15) is 9.40 Å². The third-order valence-corrected chi connectivity index (χ3v) is 6.10. The quantitative estimate of drug-likeness (QED) is 0.853. The number of hydrogen-bond donors (Lipinski definition) is 0. The van der Waals surface area contributed by atoms with Crippen molar-refractivity contribution < 1.29 is 8.42 Å². The number of aromatic nitrogens is 4. The lowest BCUT2D eigenvalue weighted by Crippen LogP contribution is -2.32. The summed E-state index contributed by atoms with van der Waals surface area (Å²) in [5, 5.41) is 4.16. The molecule has 0 saturated carbocycles. The Morgan fingerprint density at radius 2 is 1.95 bits per heavy atom. The summed E-state index contributed by atoms with van der Waals surface area (Å²) in [6.45, 7) is 4.17. The van der Waals surface area contributed by atoms with Crippen molar-refractivity contribution in [3.8, 4) is 0 Å². The van der Waals surface area contributed by atoms with E-state index in [9.17, 15) is 8.42 Å². The Morgan fingerprint density at radius 3 is 2.50 bits per heavy atom. The largest absolute Gasteiger partial charge is 0.336 e. The molecule has 0 N–H and O–H groups in total. The summed E-state index contributed by atoms with van der Waals surface area (Å²) in [5.41, 5.74) is 1.43. The second-order valence-electron chi connectivity index (χ2n) is 5.88. The van der Waals surface area contributed by atoms with Crippen LogP contribution in [0, 0.1) is 13.8 Å². The zero-order valence-corrected chi connectivity index (χ0v) is 14.1. The fourth-order valence-corrected chi connectivity index (χ4v) is 5.04. The molecule has 1 atom stereocenters. The van der Waals surface area contributed by atoms with Crippen LogP contribution >= 0.6 is 0 Å². The Labute approximate surface area is 130 Å². The first-order chi connectivity index (χ1) is 10.3. The molecule has 1 fully saturated rings. The molecule has 1 aliphatic heterocycles. The van der Waals surface area contributed by atoms with E-state index in [0.29, 0.717) is 12.2 Å². The highest BCUT2D eigenvalue weighted by molar-refractivity contribution is 7.89. The fourth-order valence-electron chi connectivity index (χ4n) is 3.19. The van der Waals surface area contributed by atoms with Crippen LogP contribution in [0.25, 0.3) is 0 Å². The van der Waals surface area contributed by atoms with E-state index in [1.807, 2.05) is 24.7 Å². The normalized spacial score (nSPS) is 19.9. The first-order valence-electron chi connectivity index (χ1n) is 7.32. The Balaban J connectivity index is 2.03. The third-order valence-electron chi connectivity index (χ3n) is 4.09. The zero-order valence-electron chi connectivity index (χ0n) is 13.3. The highest BCUT2D eigenvalue weighted by Gasteiger charge is 2.39. The van der Waals surface area contributed by atoms with Crippen LogP contribution in [-0.2, 0) is 24.1 Å². The zero-order chi connectivity index (χ0) is 16.1. The average Bonchev–Trinajstić information content (AvgIpc) is 3.09. The molecule has 7 nitrogen and oxygen atoms in total. The highest BCUT2D eigenvalue weighted by atomic mass is 32.2. The van der Waals surface area contributed by atoms with Gasteiger partial charge >= 0.3 is 0 Å². The predicted octanol–water partition coefficient (Wildman–Crippen LogP) is 1.30. The molecule has 0 radical (unpaired) electrons. The van der Waals surface area contributed by atoms with Gasteiger partial charge < -0.3 is 4.57 Å². The van der Waals surface area contributed by atoms with Crippen LogP contribution in [0.5, 0.6) is 0 Å². The van der Waals surface area contributed by atoms with E-state index in [1.54, 1.807) is 24.5 Å². The highest BCUT2D eigenvalue weighted by Crippen LogP contribution is 2.36. The Bertz CT molecular complexity index is 805. The number of hydrogen-bond acceptors (Lipinski definition) is 4. The molecule has 0 amide bonds. The van der Waals surface area contributed by atoms with E-state index < -0.39 is 10.0 Å². The summed E-state index contributed by atoms with van der Waals surface area (Å²) in [6, 6.07) is -0.205. The van der Waals surface area contributed by atoms with Crippen molar-refractivity contribution in [3.05, 3.63) is 29.6 Å². The van der Waals surface area contributed by atoms with Crippen LogP contribution in [0.4, 0.5) is 0 Å². The molecule has 0 aromatic carbocycles. The van der Waals surface area contributed by atoms with Crippen molar-refractivity contribution in [2.24, 2.45) is 14.1 Å². The SMILES string of the molecule is Cc1cn(C)c([C@@H]2CCCN2S(=O)(=O)c2cn(C)nc2C)n1. The molecular formula is C14H21N5O2S. The van der Waals surface area contributed by atoms with Crippen molar-refractivity contribution in [1.29, 1.82) is 0 Å². The maximum Gasteiger partial charge on any atom is 0.247 e. The third kappa shape index (κ3) is 2.36. The minimum atomic E-state index is -3.56. The number of nitrogens with zero attached hydrogens (tertiary/aromatic N) is 5. The molecule has 0 bridgehead atoms. The van der Waals surface area contributed by atoms with E-state index in [4.69, 9.17) is 0 Å². The number of imidazole rings is 1. The van der Waals surface area contributed by atoms with Gasteiger partial charge in [0.15, 0.2) is 0 Å². The van der Waals surface area contributed by atoms with E-state index >= 15 is 0 Å². The molecule has 2 aromatic heterocycles. The molecule has 0 aliphatic carbocycles. The van der Waals surface area contributed by atoms with Crippen molar-refractivity contribution >= 4 is 10.0 Å². The lowest BCUT2D eigenvalue weighted by atomic mass is 10.2. The Hall–Kier alpha value is -1.67. The summed E-state index contributed by atoms with van der Waals surface area (Å²) in [7, 11) is 0.0855. The van der Waals surface area contributed by atoms with Gasteiger partial charge in [-0.3, -0.25) is 4.68 Å². The van der Waals surface area contributed by atoms with Crippen molar-refractivity contribution in [2.45, 2.75) is 37.6 Å². The van der Waals surface area contributed by atoms with Crippen LogP contribution < -0.4 is 0 Å². The van der Waals surface area contributed by atoms with Crippen LogP contribution in [0.3, 0.4) is 0 Å². The summed E-state index contributed by atoms with van der Waals surface area (Å²) in [5.74, 6) is 0.806. The predicted molar refractivity (Wildman–Crippen MR) is 81.8 cm³/mol. The van der Waals surface area contributed by atoms with Crippen molar-refractivity contribution in [3.63, 3.8) is 0 Å². The van der Waals surface area contributed by atoms with Crippen LogP contribution in [0.2, 0.25) is 0 Å². The molecule has 8 heteroatoms. The smallest absolute Gasteiger partial charge is 0.247 e. The standard InChI is InChI=1S/C14H21N5O2S/c1-10-8-17(3)14(15-10)12-6-5-7-19(12)22(20,21)13-9-18(4)16-11(13)2/h8-9,12H,5-7H2,1-4H3/t12-/m0/s1. The van der Waals surface area contributed by atoms with Gasteiger partial charge in [0.2, 0.25) is 10.0 Å². The molecule has 2 aromatic rings. The first kappa shape index (κ1) is 15.2. The lowest BCUT2D eigenvalue weighted by Gasteiger charge is -2.23. The van der Waals surface area contributed by atoms with Gasteiger partial charge in [0.25, 0.3) is 0 Å². The van der Waals surface area contributed by atoms with Crippen molar-refractivity contribution in [2.75, 3.05) is 6.54 Å². The van der Waals surface area contributed by atoms with Gasteiger partial charge in [-0.15, -0.1) is 0 Å². The van der Waals surface area contributed by atoms with E-state index in [1.165, 1.54) is 4.68 Å². The first-order valence-corrected chi connectivity index (χ1v) is 8.76. The number of aryl methyl sites for hydroxylation is 4. The lowest BCUT2D eigenvalue weighted by molar-refractivity contribution is 0.377. The summed E-state index contributed by atoms with van der Waals surface area (Å²) in [4.78, 5) is 4.80.